The average Bonchev–Trinajstić information content (AvgIpc) is 3.08. The molecule has 0 bridgehead atoms. The van der Waals surface area contributed by atoms with Gasteiger partial charge in [-0.15, -0.1) is 0 Å². The molecule has 2 aromatic carbocycles. The third-order valence-electron chi connectivity index (χ3n) is 4.52. The molecule has 0 radical (unpaired) electrons. The number of hydrogen-bond acceptors (Lipinski definition) is 4. The molecule has 3 rings (SSSR count). The Bertz CT molecular complexity index is 1140. The lowest BCUT2D eigenvalue weighted by Gasteiger charge is -2.12. The molecule has 3 N–H and O–H groups in total. The second kappa shape index (κ2) is 7.42. The number of aromatic nitrogens is 2. The van der Waals surface area contributed by atoms with Gasteiger partial charge in [-0.05, 0) is 60.9 Å². The summed E-state index contributed by atoms with van der Waals surface area (Å²) in [6.07, 6.45) is -2.77. The summed E-state index contributed by atoms with van der Waals surface area (Å²) in [6.45, 7) is 3.28. The number of benzene rings is 2. The fourth-order valence-electron chi connectivity index (χ4n) is 2.91. The van der Waals surface area contributed by atoms with Crippen molar-refractivity contribution in [3.63, 3.8) is 0 Å². The molecule has 3 aromatic rings. The first-order valence-corrected chi connectivity index (χ1v) is 9.89. The van der Waals surface area contributed by atoms with Crippen LogP contribution in [0.15, 0.2) is 47.4 Å². The third-order valence-corrected chi connectivity index (χ3v) is 5.53. The zero-order valence-electron chi connectivity index (χ0n) is 15.2. The van der Waals surface area contributed by atoms with Crippen LogP contribution < -0.4 is 5.14 Å². The Balaban J connectivity index is 2.22. The minimum atomic E-state index is -4.04. The lowest BCUT2D eigenvalue weighted by molar-refractivity contribution is 0.145. The Morgan fingerprint density at radius 1 is 1.11 bits per heavy atom. The first kappa shape index (κ1) is 20.1. The van der Waals surface area contributed by atoms with Crippen LogP contribution in [0.25, 0.3) is 16.9 Å². The molecular weight excluding hydrogens is 388 g/mol. The standard InChI is InChI=1S/C19H19F2N3O3S/c1-11-3-4-13(7-12(11)2)17-9-16(19(20)21)23-24(17)15-5-6-18(28(22,26)27)14(8-15)10-25/h3-9,19,25H,10H2,1-2H3,(H2,22,26,27). The predicted molar refractivity (Wildman–Crippen MR) is 101 cm³/mol. The van der Waals surface area contributed by atoms with Gasteiger partial charge in [0.2, 0.25) is 10.0 Å². The molecule has 1 heterocycles. The van der Waals surface area contributed by atoms with E-state index in [9.17, 15) is 22.3 Å². The van der Waals surface area contributed by atoms with Crippen molar-refractivity contribution >= 4 is 10.0 Å². The number of nitrogens with two attached hydrogens (primary N) is 1. The summed E-state index contributed by atoms with van der Waals surface area (Å²) >= 11 is 0. The number of alkyl halides is 2. The highest BCUT2D eigenvalue weighted by atomic mass is 32.2. The third kappa shape index (κ3) is 3.82. The summed E-state index contributed by atoms with van der Waals surface area (Å²) < 4.78 is 51.2. The van der Waals surface area contributed by atoms with E-state index in [0.717, 1.165) is 11.1 Å². The second-order valence-electron chi connectivity index (χ2n) is 6.46. The molecule has 0 aliphatic heterocycles. The summed E-state index contributed by atoms with van der Waals surface area (Å²) in [4.78, 5) is -0.229. The van der Waals surface area contributed by atoms with Gasteiger partial charge in [0, 0.05) is 5.56 Å². The first-order valence-electron chi connectivity index (χ1n) is 8.34. The van der Waals surface area contributed by atoms with E-state index in [-0.39, 0.29) is 10.5 Å². The molecular formula is C19H19F2N3O3S. The molecule has 28 heavy (non-hydrogen) atoms. The molecule has 1 aromatic heterocycles. The summed E-state index contributed by atoms with van der Waals surface area (Å²) in [7, 11) is -4.04. The number of hydrogen-bond donors (Lipinski definition) is 2. The van der Waals surface area contributed by atoms with Crippen LogP contribution in [0.2, 0.25) is 0 Å². The van der Waals surface area contributed by atoms with Crippen LogP contribution >= 0.6 is 0 Å². The number of sulfonamides is 1. The van der Waals surface area contributed by atoms with Gasteiger partial charge in [-0.2, -0.15) is 5.10 Å². The number of aryl methyl sites for hydroxylation is 2. The molecule has 0 spiro atoms. The van der Waals surface area contributed by atoms with Crippen LogP contribution in [0.1, 0.15) is 28.8 Å². The molecule has 6 nitrogen and oxygen atoms in total. The highest BCUT2D eigenvalue weighted by Gasteiger charge is 2.20. The van der Waals surface area contributed by atoms with Crippen molar-refractivity contribution in [2.24, 2.45) is 5.14 Å². The van der Waals surface area contributed by atoms with Crippen LogP contribution in [0.4, 0.5) is 8.78 Å². The number of primary sulfonamides is 1. The summed E-state index contributed by atoms with van der Waals surface area (Å²) in [6, 6.07) is 10.8. The highest BCUT2D eigenvalue weighted by Crippen LogP contribution is 2.30. The average molecular weight is 407 g/mol. The fraction of sp³-hybridized carbons (Fsp3) is 0.211. The van der Waals surface area contributed by atoms with Crippen molar-refractivity contribution in [1.82, 2.24) is 9.78 Å². The van der Waals surface area contributed by atoms with Crippen molar-refractivity contribution in [3.8, 4) is 16.9 Å². The van der Waals surface area contributed by atoms with Crippen LogP contribution in [-0.2, 0) is 16.6 Å². The van der Waals surface area contributed by atoms with E-state index in [1.807, 2.05) is 26.0 Å². The molecule has 0 saturated heterocycles. The van der Waals surface area contributed by atoms with Crippen molar-refractivity contribution in [1.29, 1.82) is 0 Å². The number of halogens is 2. The lowest BCUT2D eigenvalue weighted by atomic mass is 10.0. The number of rotatable bonds is 5. The van der Waals surface area contributed by atoms with E-state index in [1.165, 1.54) is 28.9 Å². The van der Waals surface area contributed by atoms with E-state index in [4.69, 9.17) is 5.14 Å². The predicted octanol–water partition coefficient (Wildman–Crippen LogP) is 3.23. The van der Waals surface area contributed by atoms with Crippen molar-refractivity contribution in [2.45, 2.75) is 31.8 Å². The van der Waals surface area contributed by atoms with Gasteiger partial charge in [0.1, 0.15) is 5.69 Å². The van der Waals surface area contributed by atoms with Crippen molar-refractivity contribution in [2.75, 3.05) is 0 Å². The molecule has 148 valence electrons. The molecule has 0 unspecified atom stereocenters. The Morgan fingerprint density at radius 3 is 2.39 bits per heavy atom. The normalized spacial score (nSPS) is 12.0. The largest absolute Gasteiger partial charge is 0.392 e. The van der Waals surface area contributed by atoms with Crippen molar-refractivity contribution < 1.29 is 22.3 Å². The zero-order valence-corrected chi connectivity index (χ0v) is 16.0. The molecule has 0 aliphatic rings. The Labute approximate surface area is 161 Å². The molecule has 0 fully saturated rings. The van der Waals surface area contributed by atoms with Gasteiger partial charge < -0.3 is 5.11 Å². The summed E-state index contributed by atoms with van der Waals surface area (Å²) in [5.74, 6) is 0. The van der Waals surface area contributed by atoms with Gasteiger partial charge in [0.05, 0.1) is 22.9 Å². The minimum Gasteiger partial charge on any atom is -0.392 e. The molecule has 0 saturated carbocycles. The van der Waals surface area contributed by atoms with Gasteiger partial charge in [0.25, 0.3) is 6.43 Å². The summed E-state index contributed by atoms with van der Waals surface area (Å²) in [5, 5.41) is 18.7. The fourth-order valence-corrected chi connectivity index (χ4v) is 3.65. The van der Waals surface area contributed by atoms with Gasteiger partial charge >= 0.3 is 0 Å². The van der Waals surface area contributed by atoms with E-state index >= 15 is 0 Å². The molecule has 0 aliphatic carbocycles. The quantitative estimate of drug-likeness (QED) is 0.678. The van der Waals surface area contributed by atoms with Gasteiger partial charge in [-0.25, -0.2) is 27.0 Å². The minimum absolute atomic E-state index is 0.0557. The van der Waals surface area contributed by atoms with Crippen LogP contribution in [-0.4, -0.2) is 23.3 Å². The number of aliphatic hydroxyl groups excluding tert-OH is 1. The maximum Gasteiger partial charge on any atom is 0.282 e. The van der Waals surface area contributed by atoms with Crippen LogP contribution in [0.3, 0.4) is 0 Å². The highest BCUT2D eigenvalue weighted by molar-refractivity contribution is 7.89. The first-order chi connectivity index (χ1) is 13.1. The molecule has 0 atom stereocenters. The van der Waals surface area contributed by atoms with Gasteiger partial charge in [-0.1, -0.05) is 12.1 Å². The SMILES string of the molecule is Cc1ccc(-c2cc(C(F)F)nn2-c2ccc(S(N)(=O)=O)c(CO)c2)cc1C. The second-order valence-corrected chi connectivity index (χ2v) is 7.99. The van der Waals surface area contributed by atoms with E-state index in [0.29, 0.717) is 16.9 Å². The van der Waals surface area contributed by atoms with E-state index in [1.54, 1.807) is 6.07 Å². The number of aliphatic hydroxyl groups is 1. The van der Waals surface area contributed by atoms with Crippen molar-refractivity contribution in [3.05, 3.63) is 64.8 Å². The van der Waals surface area contributed by atoms with Crippen LogP contribution in [0, 0.1) is 13.8 Å². The maximum atomic E-state index is 13.3. The molecule has 9 heteroatoms. The Morgan fingerprint density at radius 2 is 1.82 bits per heavy atom. The van der Waals surface area contributed by atoms with Gasteiger partial charge in [-0.3, -0.25) is 0 Å². The van der Waals surface area contributed by atoms with E-state index in [2.05, 4.69) is 5.10 Å². The Kier molecular flexibility index (Phi) is 5.33. The van der Waals surface area contributed by atoms with E-state index < -0.39 is 28.7 Å². The zero-order chi connectivity index (χ0) is 20.6. The number of nitrogens with zero attached hydrogens (tertiary/aromatic N) is 2. The smallest absolute Gasteiger partial charge is 0.282 e. The van der Waals surface area contributed by atoms with Crippen LogP contribution in [0.5, 0.6) is 0 Å². The lowest BCUT2D eigenvalue weighted by Crippen LogP contribution is -2.15. The maximum absolute atomic E-state index is 13.3. The Hall–Kier alpha value is -2.62. The van der Waals surface area contributed by atoms with Gasteiger partial charge in [0.15, 0.2) is 0 Å². The monoisotopic (exact) mass is 407 g/mol. The summed E-state index contributed by atoms with van der Waals surface area (Å²) in [5.41, 5.74) is 3.13. The topological polar surface area (TPSA) is 98.2 Å². The molecule has 0 amide bonds.